The number of amides is 1. The Kier molecular flexibility index (Phi) is 6.40. The number of pyridine rings is 1. The molecule has 0 bridgehead atoms. The zero-order valence-corrected chi connectivity index (χ0v) is 19.2. The molecule has 1 saturated heterocycles. The van der Waals surface area contributed by atoms with Crippen molar-refractivity contribution in [2.75, 3.05) is 11.9 Å². The van der Waals surface area contributed by atoms with Crippen LogP contribution in [-0.2, 0) is 4.79 Å². The molecule has 32 heavy (non-hydrogen) atoms. The second kappa shape index (κ2) is 9.23. The van der Waals surface area contributed by atoms with Crippen LogP contribution in [0.1, 0.15) is 31.1 Å². The number of fused-ring (bicyclic) bond motifs is 1. The van der Waals surface area contributed by atoms with Gasteiger partial charge in [0.15, 0.2) is 0 Å². The second-order valence-corrected chi connectivity index (χ2v) is 9.24. The summed E-state index contributed by atoms with van der Waals surface area (Å²) in [5, 5.41) is 13.6. The van der Waals surface area contributed by atoms with Gasteiger partial charge in [0.25, 0.3) is 11.5 Å². The quantitative estimate of drug-likeness (QED) is 0.425. The van der Waals surface area contributed by atoms with Gasteiger partial charge in [0.1, 0.15) is 15.8 Å². The molecule has 1 amide bonds. The molecule has 0 aliphatic carbocycles. The first-order valence-electron chi connectivity index (χ1n) is 10.1. The molecule has 7 nitrogen and oxygen atoms in total. The molecule has 9 heteroatoms. The average molecular weight is 467 g/mol. The number of thiocarbonyl (C=S) groups is 1. The third-order valence-electron chi connectivity index (χ3n) is 5.03. The highest BCUT2D eigenvalue weighted by molar-refractivity contribution is 8.26. The maximum absolute atomic E-state index is 13.3. The van der Waals surface area contributed by atoms with E-state index in [1.807, 2.05) is 44.2 Å². The molecule has 0 radical (unpaired) electrons. The van der Waals surface area contributed by atoms with Gasteiger partial charge < -0.3 is 10.4 Å². The molecule has 3 aromatic rings. The average Bonchev–Trinajstić information content (AvgIpc) is 3.07. The highest BCUT2D eigenvalue weighted by Gasteiger charge is 2.34. The normalized spacial score (nSPS) is 16.4. The number of hydrogen-bond donors (Lipinski definition) is 2. The fourth-order valence-corrected chi connectivity index (χ4v) is 4.92. The molecule has 164 valence electrons. The summed E-state index contributed by atoms with van der Waals surface area (Å²) in [4.78, 5) is 32.6. The fraction of sp³-hybridized carbons (Fsp3) is 0.217. The van der Waals surface area contributed by atoms with Crippen molar-refractivity contribution >= 4 is 51.7 Å². The second-order valence-electron chi connectivity index (χ2n) is 7.56. The largest absolute Gasteiger partial charge is 0.387 e. The lowest BCUT2D eigenvalue weighted by atomic mass is 10.1. The number of aromatic nitrogens is 2. The van der Waals surface area contributed by atoms with Crippen LogP contribution < -0.4 is 10.9 Å². The van der Waals surface area contributed by atoms with E-state index in [2.05, 4.69) is 10.3 Å². The van der Waals surface area contributed by atoms with Gasteiger partial charge in [-0.25, -0.2) is 4.98 Å². The molecule has 3 heterocycles. The maximum atomic E-state index is 13.3. The summed E-state index contributed by atoms with van der Waals surface area (Å²) in [5.41, 5.74) is 1.12. The summed E-state index contributed by atoms with van der Waals surface area (Å²) in [6.07, 6.45) is 2.37. The van der Waals surface area contributed by atoms with Crippen molar-refractivity contribution in [1.82, 2.24) is 14.3 Å². The van der Waals surface area contributed by atoms with Crippen molar-refractivity contribution in [2.24, 2.45) is 0 Å². The number of carbonyl (C=O) groups excluding carboxylic acids is 1. The highest BCUT2D eigenvalue weighted by atomic mass is 32.2. The van der Waals surface area contributed by atoms with E-state index < -0.39 is 6.10 Å². The number of benzene rings is 1. The first kappa shape index (κ1) is 22.2. The summed E-state index contributed by atoms with van der Waals surface area (Å²) in [7, 11) is 0. The van der Waals surface area contributed by atoms with E-state index in [1.54, 1.807) is 24.4 Å². The molecule has 1 aliphatic heterocycles. The van der Waals surface area contributed by atoms with E-state index in [0.717, 1.165) is 17.3 Å². The number of nitrogens with one attached hydrogen (secondary N) is 1. The van der Waals surface area contributed by atoms with Crippen molar-refractivity contribution in [1.29, 1.82) is 0 Å². The van der Waals surface area contributed by atoms with Gasteiger partial charge in [0.2, 0.25) is 0 Å². The van der Waals surface area contributed by atoms with E-state index in [0.29, 0.717) is 20.7 Å². The van der Waals surface area contributed by atoms with Crippen LogP contribution in [0.25, 0.3) is 11.7 Å². The van der Waals surface area contributed by atoms with E-state index in [1.165, 1.54) is 15.4 Å². The number of hydrogen-bond acceptors (Lipinski definition) is 7. The SMILES string of the molecule is CC(C)N1C(=O)C(=Cc2c(NCC(O)c3ccccc3)nc3ccccn3c2=O)SC1=S. The molecule has 1 aliphatic rings. The number of anilines is 1. The van der Waals surface area contributed by atoms with Crippen LogP contribution in [0.4, 0.5) is 5.82 Å². The van der Waals surface area contributed by atoms with Crippen molar-refractivity contribution in [3.05, 3.63) is 81.1 Å². The molecular formula is C23H22N4O3S2. The van der Waals surface area contributed by atoms with Crippen LogP contribution in [0, 0.1) is 0 Å². The van der Waals surface area contributed by atoms with Crippen molar-refractivity contribution in [2.45, 2.75) is 26.0 Å². The first-order chi connectivity index (χ1) is 15.4. The van der Waals surface area contributed by atoms with Crippen LogP contribution in [0.3, 0.4) is 0 Å². The summed E-state index contributed by atoms with van der Waals surface area (Å²) in [5.74, 6) is 0.0637. The molecular weight excluding hydrogens is 444 g/mol. The zero-order valence-electron chi connectivity index (χ0n) is 17.6. The van der Waals surface area contributed by atoms with E-state index >= 15 is 0 Å². The Morgan fingerprint density at radius 2 is 1.88 bits per heavy atom. The number of aliphatic hydroxyl groups excluding tert-OH is 1. The predicted molar refractivity (Wildman–Crippen MR) is 132 cm³/mol. The van der Waals surface area contributed by atoms with Gasteiger partial charge in [0.05, 0.1) is 16.6 Å². The van der Waals surface area contributed by atoms with Gasteiger partial charge in [0, 0.05) is 18.8 Å². The molecule has 1 fully saturated rings. The van der Waals surface area contributed by atoms with Crippen molar-refractivity contribution < 1.29 is 9.90 Å². The van der Waals surface area contributed by atoms with Crippen molar-refractivity contribution in [3.8, 4) is 0 Å². The van der Waals surface area contributed by atoms with Gasteiger partial charge in [-0.3, -0.25) is 18.9 Å². The molecule has 1 aromatic carbocycles. The molecule has 2 aromatic heterocycles. The summed E-state index contributed by atoms with van der Waals surface area (Å²) >= 11 is 6.51. The topological polar surface area (TPSA) is 86.9 Å². The summed E-state index contributed by atoms with van der Waals surface area (Å²) in [6, 6.07) is 14.4. The number of carbonyl (C=O) groups is 1. The van der Waals surface area contributed by atoms with Crippen LogP contribution in [-0.4, -0.2) is 42.2 Å². The number of aliphatic hydroxyl groups is 1. The Balaban J connectivity index is 1.74. The Bertz CT molecular complexity index is 1270. The van der Waals surface area contributed by atoms with Gasteiger partial charge in [-0.15, -0.1) is 0 Å². The van der Waals surface area contributed by atoms with E-state index in [4.69, 9.17) is 12.2 Å². The zero-order chi connectivity index (χ0) is 22.8. The number of nitrogens with zero attached hydrogens (tertiary/aromatic N) is 3. The van der Waals surface area contributed by atoms with Crippen LogP contribution in [0.15, 0.2) is 64.4 Å². The van der Waals surface area contributed by atoms with Gasteiger partial charge >= 0.3 is 0 Å². The summed E-state index contributed by atoms with van der Waals surface area (Å²) < 4.78 is 1.88. The minimum atomic E-state index is -0.792. The summed E-state index contributed by atoms with van der Waals surface area (Å²) in [6.45, 7) is 3.92. The van der Waals surface area contributed by atoms with Crippen LogP contribution >= 0.6 is 24.0 Å². The monoisotopic (exact) mass is 466 g/mol. The van der Waals surface area contributed by atoms with Gasteiger partial charge in [-0.2, -0.15) is 0 Å². The molecule has 0 spiro atoms. The standard InChI is InChI=1S/C23H22N4O3S2/c1-14(2)27-22(30)18(32-23(27)31)12-16-20(24-13-17(28)15-8-4-3-5-9-15)25-19-10-6-7-11-26(19)21(16)29/h3-12,14,17,24,28H,13H2,1-2H3. The Morgan fingerprint density at radius 1 is 1.16 bits per heavy atom. The maximum Gasteiger partial charge on any atom is 0.267 e. The molecule has 1 unspecified atom stereocenters. The molecule has 1 atom stereocenters. The lowest BCUT2D eigenvalue weighted by Crippen LogP contribution is -2.34. The predicted octanol–water partition coefficient (Wildman–Crippen LogP) is 3.45. The van der Waals surface area contributed by atoms with Crippen molar-refractivity contribution in [3.63, 3.8) is 0 Å². The molecule has 4 rings (SSSR count). The minimum absolute atomic E-state index is 0.0807. The smallest absolute Gasteiger partial charge is 0.267 e. The highest BCUT2D eigenvalue weighted by Crippen LogP contribution is 2.34. The third-order valence-corrected chi connectivity index (χ3v) is 6.36. The third kappa shape index (κ3) is 4.32. The fourth-order valence-electron chi connectivity index (χ4n) is 3.41. The Hall–Kier alpha value is -3.01. The lowest BCUT2D eigenvalue weighted by molar-refractivity contribution is -0.123. The minimum Gasteiger partial charge on any atom is -0.387 e. The first-order valence-corrected chi connectivity index (χ1v) is 11.3. The number of thioether (sulfide) groups is 1. The Labute approximate surface area is 194 Å². The lowest BCUT2D eigenvalue weighted by Gasteiger charge is -2.18. The van der Waals surface area contributed by atoms with Gasteiger partial charge in [-0.05, 0) is 37.6 Å². The number of rotatable bonds is 6. The molecule has 2 N–H and O–H groups in total. The van der Waals surface area contributed by atoms with E-state index in [9.17, 15) is 14.7 Å². The van der Waals surface area contributed by atoms with Crippen LogP contribution in [0.5, 0.6) is 0 Å². The molecule has 0 saturated carbocycles. The van der Waals surface area contributed by atoms with Crippen LogP contribution in [0.2, 0.25) is 0 Å². The van der Waals surface area contributed by atoms with E-state index in [-0.39, 0.29) is 29.6 Å². The van der Waals surface area contributed by atoms with Gasteiger partial charge in [-0.1, -0.05) is 60.4 Å². The Morgan fingerprint density at radius 3 is 2.56 bits per heavy atom.